The molecule has 0 N–H and O–H groups in total. The molecule has 24 heavy (non-hydrogen) atoms. The Bertz CT molecular complexity index is 500. The summed E-state index contributed by atoms with van der Waals surface area (Å²) in [6.07, 6.45) is -2.26. The van der Waals surface area contributed by atoms with Gasteiger partial charge < -0.3 is 9.47 Å². The summed E-state index contributed by atoms with van der Waals surface area (Å²) >= 11 is 0. The first-order valence-electron chi connectivity index (χ1n) is 8.28. The van der Waals surface area contributed by atoms with Gasteiger partial charge in [0.1, 0.15) is 5.75 Å². The molecule has 1 aromatic rings. The lowest BCUT2D eigenvalue weighted by atomic mass is 9.89. The zero-order valence-corrected chi connectivity index (χ0v) is 14.5. The van der Waals surface area contributed by atoms with Gasteiger partial charge in [-0.05, 0) is 57.2 Å². The van der Waals surface area contributed by atoms with Gasteiger partial charge in [-0.15, -0.1) is 0 Å². The van der Waals surface area contributed by atoms with E-state index in [0.717, 1.165) is 31.5 Å². The number of halogens is 3. The molecule has 2 rings (SSSR count). The highest BCUT2D eigenvalue weighted by Crippen LogP contribution is 2.29. The molecule has 0 bridgehead atoms. The molecule has 0 unspecified atom stereocenters. The number of benzene rings is 1. The molecule has 1 fully saturated rings. The maximum Gasteiger partial charge on any atom is 0.422 e. The monoisotopic (exact) mass is 345 g/mol. The van der Waals surface area contributed by atoms with E-state index in [9.17, 15) is 13.2 Å². The van der Waals surface area contributed by atoms with Gasteiger partial charge in [0, 0.05) is 13.1 Å². The van der Waals surface area contributed by atoms with Crippen LogP contribution >= 0.6 is 0 Å². The highest BCUT2D eigenvalue weighted by atomic mass is 19.4. The molecule has 1 aromatic carbocycles. The molecule has 3 nitrogen and oxygen atoms in total. The third kappa shape index (κ3) is 6.69. The Hall–Kier alpha value is -1.27. The quantitative estimate of drug-likeness (QED) is 0.780. The van der Waals surface area contributed by atoms with Crippen LogP contribution in [0, 0.1) is 0 Å². The molecule has 0 saturated carbocycles. The Balaban J connectivity index is 1.79. The molecular weight excluding hydrogens is 319 g/mol. The molecule has 1 aliphatic heterocycles. The smallest absolute Gasteiger partial charge is 0.422 e. The molecule has 0 amide bonds. The minimum atomic E-state index is -4.30. The average Bonchev–Trinajstić information content (AvgIpc) is 2.51. The van der Waals surface area contributed by atoms with Crippen molar-refractivity contribution in [3.05, 3.63) is 29.8 Å². The molecule has 0 aromatic heterocycles. The second-order valence-corrected chi connectivity index (χ2v) is 7.25. The van der Waals surface area contributed by atoms with Crippen LogP contribution in [0.3, 0.4) is 0 Å². The van der Waals surface area contributed by atoms with E-state index in [1.165, 1.54) is 0 Å². The Morgan fingerprint density at radius 2 is 1.62 bits per heavy atom. The van der Waals surface area contributed by atoms with Gasteiger partial charge in [-0.25, -0.2) is 0 Å². The Morgan fingerprint density at radius 1 is 1.04 bits per heavy atom. The number of hydrogen-bond acceptors (Lipinski definition) is 3. The summed E-state index contributed by atoms with van der Waals surface area (Å²) in [5, 5.41) is 0. The van der Waals surface area contributed by atoms with Crippen LogP contribution < -0.4 is 4.74 Å². The van der Waals surface area contributed by atoms with E-state index in [0.29, 0.717) is 12.6 Å². The lowest BCUT2D eigenvalue weighted by Crippen LogP contribution is -2.37. The third-order valence-corrected chi connectivity index (χ3v) is 4.02. The molecule has 0 spiro atoms. The summed E-state index contributed by atoms with van der Waals surface area (Å²) in [4.78, 5) is 2.29. The summed E-state index contributed by atoms with van der Waals surface area (Å²) < 4.78 is 47.0. The van der Waals surface area contributed by atoms with Gasteiger partial charge in [-0.1, -0.05) is 12.1 Å². The topological polar surface area (TPSA) is 21.7 Å². The first-order chi connectivity index (χ1) is 11.1. The number of alkyl halides is 3. The zero-order valence-electron chi connectivity index (χ0n) is 14.5. The molecule has 0 atom stereocenters. The highest BCUT2D eigenvalue weighted by Gasteiger charge is 2.28. The lowest BCUT2D eigenvalue weighted by Gasteiger charge is -2.34. The standard InChI is InChI=1S/C18H26F3NO2/c1-17(2,3)24-13-22-10-8-15(9-11-22)14-4-6-16(7-5-14)23-12-18(19,20)21/h4-7,15H,8-13H2,1-3H3. The van der Waals surface area contributed by atoms with Crippen LogP contribution in [0.15, 0.2) is 24.3 Å². The van der Waals surface area contributed by atoms with Crippen molar-refractivity contribution in [1.29, 1.82) is 0 Å². The van der Waals surface area contributed by atoms with Crippen molar-refractivity contribution in [3.63, 3.8) is 0 Å². The normalized spacial score (nSPS) is 17.9. The predicted molar refractivity (Wildman–Crippen MR) is 87.2 cm³/mol. The fourth-order valence-corrected chi connectivity index (χ4v) is 2.68. The van der Waals surface area contributed by atoms with Crippen LogP contribution in [0.1, 0.15) is 45.1 Å². The largest absolute Gasteiger partial charge is 0.484 e. The Morgan fingerprint density at radius 3 is 2.12 bits per heavy atom. The van der Waals surface area contributed by atoms with Crippen LogP contribution in [0.4, 0.5) is 13.2 Å². The summed E-state index contributed by atoms with van der Waals surface area (Å²) in [5.74, 6) is 0.694. The molecule has 0 aliphatic carbocycles. The maximum atomic E-state index is 12.1. The highest BCUT2D eigenvalue weighted by molar-refractivity contribution is 5.29. The van der Waals surface area contributed by atoms with Gasteiger partial charge in [-0.3, -0.25) is 4.90 Å². The van der Waals surface area contributed by atoms with E-state index in [4.69, 9.17) is 9.47 Å². The Kier molecular flexibility index (Phi) is 6.15. The first kappa shape index (κ1) is 19.1. The van der Waals surface area contributed by atoms with Crippen LogP contribution in [-0.4, -0.2) is 43.1 Å². The summed E-state index contributed by atoms with van der Waals surface area (Å²) in [5.41, 5.74) is 1.02. The van der Waals surface area contributed by atoms with Gasteiger partial charge in [0.05, 0.1) is 12.3 Å². The van der Waals surface area contributed by atoms with E-state index in [1.807, 2.05) is 32.9 Å². The fraction of sp³-hybridized carbons (Fsp3) is 0.667. The summed E-state index contributed by atoms with van der Waals surface area (Å²) in [7, 11) is 0. The number of ether oxygens (including phenoxy) is 2. The number of nitrogens with zero attached hydrogens (tertiary/aromatic N) is 1. The van der Waals surface area contributed by atoms with Crippen molar-refractivity contribution in [2.24, 2.45) is 0 Å². The number of hydrogen-bond donors (Lipinski definition) is 0. The zero-order chi connectivity index (χ0) is 17.8. The van der Waals surface area contributed by atoms with Crippen molar-refractivity contribution >= 4 is 0 Å². The van der Waals surface area contributed by atoms with Crippen LogP contribution in [0.2, 0.25) is 0 Å². The SMILES string of the molecule is CC(C)(C)OCN1CCC(c2ccc(OCC(F)(F)F)cc2)CC1. The van der Waals surface area contributed by atoms with E-state index in [2.05, 4.69) is 4.90 Å². The van der Waals surface area contributed by atoms with E-state index >= 15 is 0 Å². The van der Waals surface area contributed by atoms with E-state index in [1.54, 1.807) is 12.1 Å². The van der Waals surface area contributed by atoms with E-state index < -0.39 is 12.8 Å². The van der Waals surface area contributed by atoms with Gasteiger partial charge in [0.2, 0.25) is 0 Å². The molecule has 1 saturated heterocycles. The summed E-state index contributed by atoms with van der Waals surface area (Å²) in [6.45, 7) is 7.45. The van der Waals surface area contributed by atoms with Gasteiger partial charge in [-0.2, -0.15) is 13.2 Å². The van der Waals surface area contributed by atoms with Gasteiger partial charge >= 0.3 is 6.18 Å². The van der Waals surface area contributed by atoms with Crippen LogP contribution in [0.25, 0.3) is 0 Å². The number of rotatable bonds is 5. The van der Waals surface area contributed by atoms with Crippen molar-refractivity contribution in [1.82, 2.24) is 4.90 Å². The molecular formula is C18H26F3NO2. The molecule has 136 valence electrons. The van der Waals surface area contributed by atoms with Crippen LogP contribution in [-0.2, 0) is 4.74 Å². The van der Waals surface area contributed by atoms with Crippen molar-refractivity contribution in [2.75, 3.05) is 26.4 Å². The van der Waals surface area contributed by atoms with Gasteiger partial charge in [0.15, 0.2) is 6.61 Å². The molecule has 6 heteroatoms. The lowest BCUT2D eigenvalue weighted by molar-refractivity contribution is -0.153. The minimum Gasteiger partial charge on any atom is -0.484 e. The maximum absolute atomic E-state index is 12.1. The number of piperidine rings is 1. The van der Waals surface area contributed by atoms with E-state index in [-0.39, 0.29) is 11.4 Å². The first-order valence-corrected chi connectivity index (χ1v) is 8.28. The Labute approximate surface area is 141 Å². The average molecular weight is 345 g/mol. The predicted octanol–water partition coefficient (Wildman–Crippen LogP) is 4.58. The van der Waals surface area contributed by atoms with Crippen LogP contribution in [0.5, 0.6) is 5.75 Å². The van der Waals surface area contributed by atoms with Crippen molar-refractivity contribution in [3.8, 4) is 5.75 Å². The second kappa shape index (κ2) is 7.74. The van der Waals surface area contributed by atoms with Gasteiger partial charge in [0.25, 0.3) is 0 Å². The molecule has 1 heterocycles. The van der Waals surface area contributed by atoms with Crippen molar-refractivity contribution in [2.45, 2.75) is 51.3 Å². The summed E-state index contributed by atoms with van der Waals surface area (Å²) in [6, 6.07) is 6.99. The molecule has 1 aliphatic rings. The fourth-order valence-electron chi connectivity index (χ4n) is 2.68. The number of likely N-dealkylation sites (tertiary alicyclic amines) is 1. The second-order valence-electron chi connectivity index (χ2n) is 7.25. The van der Waals surface area contributed by atoms with Crippen molar-refractivity contribution < 1.29 is 22.6 Å². The molecule has 0 radical (unpaired) electrons. The third-order valence-electron chi connectivity index (χ3n) is 4.02. The minimum absolute atomic E-state index is 0.136.